The van der Waals surface area contributed by atoms with E-state index in [1.807, 2.05) is 0 Å². The highest BCUT2D eigenvalue weighted by atomic mass is 32.1. The molecule has 0 N–H and O–H groups in total. The van der Waals surface area contributed by atoms with Gasteiger partial charge in [0.15, 0.2) is 40.7 Å². The topological polar surface area (TPSA) is 68.3 Å². The molecule has 40 heavy (non-hydrogen) atoms. The smallest absolute Gasteiger partial charge is 0.235 e. The van der Waals surface area contributed by atoms with Gasteiger partial charge < -0.3 is 0 Å². The highest BCUT2D eigenvalue weighted by Crippen LogP contribution is 2.45. The van der Waals surface area contributed by atoms with Crippen LogP contribution >= 0.6 is 22.7 Å². The number of carbonyl (C=O) groups excluding carboxylic acids is 4. The van der Waals surface area contributed by atoms with E-state index in [1.165, 1.54) is 0 Å². The monoisotopic (exact) mass is 604 g/mol. The van der Waals surface area contributed by atoms with E-state index in [9.17, 15) is 58.7 Å². The van der Waals surface area contributed by atoms with Gasteiger partial charge in [0, 0.05) is 16.7 Å². The predicted octanol–water partition coefficient (Wildman–Crippen LogP) is 6.88. The predicted molar refractivity (Wildman–Crippen MR) is 120 cm³/mol. The quantitative estimate of drug-likeness (QED) is 0.0838. The molecule has 5 rings (SSSR count). The van der Waals surface area contributed by atoms with E-state index < -0.39 is 113 Å². The second kappa shape index (κ2) is 9.23. The van der Waals surface area contributed by atoms with Gasteiger partial charge >= 0.3 is 0 Å². The maximum absolute atomic E-state index is 14.5. The van der Waals surface area contributed by atoms with Crippen LogP contribution < -0.4 is 0 Å². The van der Waals surface area contributed by atoms with Crippen LogP contribution in [0.25, 0.3) is 9.75 Å². The van der Waals surface area contributed by atoms with Crippen LogP contribution in [0.15, 0.2) is 12.1 Å². The lowest BCUT2D eigenvalue weighted by Gasteiger charge is -2.08. The number of rotatable bonds is 4. The summed E-state index contributed by atoms with van der Waals surface area (Å²) in [4.78, 5) is 49.2. The molecule has 2 aromatic carbocycles. The molecule has 0 radical (unpaired) electrons. The first kappa shape index (κ1) is 27.5. The number of hydrogen-bond acceptors (Lipinski definition) is 6. The summed E-state index contributed by atoms with van der Waals surface area (Å²) in [7, 11) is 0. The average Bonchev–Trinajstić information content (AvgIpc) is 3.57. The Balaban J connectivity index is 1.64. The lowest BCUT2D eigenvalue weighted by atomic mass is 9.94. The summed E-state index contributed by atoms with van der Waals surface area (Å²) in [6.45, 7) is 0.743. The Hall–Kier alpha value is -4.11. The van der Waals surface area contributed by atoms with E-state index in [2.05, 4.69) is 0 Å². The van der Waals surface area contributed by atoms with Crippen LogP contribution in [0.3, 0.4) is 0 Å². The summed E-state index contributed by atoms with van der Waals surface area (Å²) in [5.74, 6) is -25.8. The van der Waals surface area contributed by atoms with E-state index in [-0.39, 0.29) is 9.75 Å². The minimum Gasteiger partial charge on any atom is -0.287 e. The lowest BCUT2D eigenvalue weighted by Crippen LogP contribution is -2.18. The molecule has 0 amide bonds. The van der Waals surface area contributed by atoms with E-state index in [0.29, 0.717) is 28.7 Å². The molecule has 2 aromatic heterocycles. The molecule has 0 saturated carbocycles. The molecule has 15 heteroatoms. The first-order valence-corrected chi connectivity index (χ1v) is 12.1. The molecule has 0 bridgehead atoms. The first-order chi connectivity index (χ1) is 18.7. The van der Waals surface area contributed by atoms with Crippen molar-refractivity contribution in [2.75, 3.05) is 0 Å². The molecule has 0 aliphatic heterocycles. The third-order valence-electron chi connectivity index (χ3n) is 5.96. The van der Waals surface area contributed by atoms with Crippen molar-refractivity contribution in [3.05, 3.63) is 102 Å². The number of Topliss-reactive ketones (excluding diaryl/α,β-unsaturated/α-hetero) is 2. The number of benzene rings is 2. The maximum atomic E-state index is 14.5. The Morgan fingerprint density at radius 2 is 0.850 bits per heavy atom. The van der Waals surface area contributed by atoms with Crippen molar-refractivity contribution in [3.63, 3.8) is 0 Å². The summed E-state index contributed by atoms with van der Waals surface area (Å²) in [6, 6.07) is 1.44. The second-order valence-corrected chi connectivity index (χ2v) is 10.3. The van der Waals surface area contributed by atoms with Gasteiger partial charge in [0.25, 0.3) is 0 Å². The number of thiophene rings is 2. The fourth-order valence-corrected chi connectivity index (χ4v) is 6.29. The Morgan fingerprint density at radius 3 is 1.25 bits per heavy atom. The summed E-state index contributed by atoms with van der Waals surface area (Å²) < 4.78 is 125. The minimum absolute atomic E-state index is 0.218. The maximum Gasteiger partial charge on any atom is 0.235 e. The largest absolute Gasteiger partial charge is 0.287 e. The van der Waals surface area contributed by atoms with Crippen LogP contribution in [-0.4, -0.2) is 23.1 Å². The van der Waals surface area contributed by atoms with E-state index >= 15 is 0 Å². The van der Waals surface area contributed by atoms with Crippen molar-refractivity contribution in [1.29, 1.82) is 0 Å². The second-order valence-electron chi connectivity index (χ2n) is 8.22. The Bertz CT molecular complexity index is 1690. The van der Waals surface area contributed by atoms with E-state index in [4.69, 9.17) is 0 Å². The molecule has 204 valence electrons. The van der Waals surface area contributed by atoms with Crippen LogP contribution in [0, 0.1) is 59.3 Å². The van der Waals surface area contributed by atoms with Crippen LogP contribution in [0.4, 0.5) is 39.5 Å². The zero-order valence-corrected chi connectivity index (χ0v) is 20.6. The Kier molecular flexibility index (Phi) is 6.34. The van der Waals surface area contributed by atoms with Crippen LogP contribution in [0.5, 0.6) is 0 Å². The third-order valence-corrected chi connectivity index (χ3v) is 8.39. The van der Waals surface area contributed by atoms with Gasteiger partial charge in [-0.2, -0.15) is 0 Å². The molecule has 1 aliphatic carbocycles. The molecule has 0 unspecified atom stereocenters. The number of halogens is 9. The molecule has 4 aromatic rings. The summed E-state index contributed by atoms with van der Waals surface area (Å²) in [6.07, 6.45) is 0. The summed E-state index contributed by atoms with van der Waals surface area (Å²) >= 11 is 0.664. The van der Waals surface area contributed by atoms with Gasteiger partial charge in [-0.1, -0.05) is 0 Å². The average molecular weight is 604 g/mol. The Labute approximate surface area is 223 Å². The molecule has 0 saturated heterocycles. The van der Waals surface area contributed by atoms with E-state index in [1.54, 1.807) is 0 Å². The van der Waals surface area contributed by atoms with Gasteiger partial charge in [-0.3, -0.25) is 19.2 Å². The number of hydrogen-bond donors (Lipinski definition) is 0. The molecule has 1 aliphatic rings. The Morgan fingerprint density at radius 1 is 0.525 bits per heavy atom. The third kappa shape index (κ3) is 3.67. The zero-order chi connectivity index (χ0) is 29.5. The van der Waals surface area contributed by atoms with Crippen LogP contribution in [-0.2, 0) is 0 Å². The van der Waals surface area contributed by atoms with Gasteiger partial charge in [-0.05, 0) is 19.1 Å². The molecule has 4 nitrogen and oxygen atoms in total. The summed E-state index contributed by atoms with van der Waals surface area (Å²) in [5.41, 5.74) is -5.32. The van der Waals surface area contributed by atoms with Crippen molar-refractivity contribution in [1.82, 2.24) is 0 Å². The van der Waals surface area contributed by atoms with Gasteiger partial charge in [-0.25, -0.2) is 39.5 Å². The molecule has 0 atom stereocenters. The van der Waals surface area contributed by atoms with Crippen molar-refractivity contribution in [2.45, 2.75) is 6.92 Å². The molecule has 2 heterocycles. The number of fused-ring (bicyclic) bond motifs is 3. The standard InChI is InChI=1S/C25H5F9O4S2/c1-4-11(26)9(13(28)16(31)12(4)27)22(37)7-2-5-20(35)21(36)6-3-8(40-25(6)24(5)39-7)23(38)10-14(29)17(32)19(34)18(33)15(10)30/h2-3H,1H3. The van der Waals surface area contributed by atoms with E-state index in [0.717, 1.165) is 13.0 Å². The van der Waals surface area contributed by atoms with Crippen molar-refractivity contribution >= 4 is 45.8 Å². The van der Waals surface area contributed by atoms with Crippen molar-refractivity contribution in [3.8, 4) is 9.75 Å². The molecule has 0 fully saturated rings. The molecular formula is C25H5F9O4S2. The first-order valence-electron chi connectivity index (χ1n) is 10.5. The van der Waals surface area contributed by atoms with Gasteiger partial charge in [0.2, 0.25) is 29.0 Å². The fourth-order valence-electron chi connectivity index (χ4n) is 3.93. The lowest BCUT2D eigenvalue weighted by molar-refractivity contribution is 0.0816. The highest BCUT2D eigenvalue weighted by molar-refractivity contribution is 7.25. The van der Waals surface area contributed by atoms with Crippen molar-refractivity contribution in [2.24, 2.45) is 0 Å². The number of carbonyl (C=O) groups is 4. The SMILES string of the molecule is Cc1c(F)c(F)c(F)c(C(=O)c2cc3c(s2)-c2sc(C(=O)c4c(F)c(F)c(F)c(F)c4F)cc2C(=O)C3=O)c1F. The fraction of sp³-hybridized carbons (Fsp3) is 0.0400. The van der Waals surface area contributed by atoms with Crippen LogP contribution in [0.2, 0.25) is 0 Å². The summed E-state index contributed by atoms with van der Waals surface area (Å²) in [5, 5.41) is 0. The van der Waals surface area contributed by atoms with Gasteiger partial charge in [-0.15, -0.1) is 22.7 Å². The zero-order valence-electron chi connectivity index (χ0n) is 19.0. The van der Waals surface area contributed by atoms with Gasteiger partial charge in [0.05, 0.1) is 25.1 Å². The van der Waals surface area contributed by atoms with Crippen LogP contribution in [0.1, 0.15) is 56.7 Å². The normalized spacial score (nSPS) is 12.6. The molecular weight excluding hydrogens is 599 g/mol. The molecule has 0 spiro atoms. The van der Waals surface area contributed by atoms with Gasteiger partial charge in [0.1, 0.15) is 11.4 Å². The minimum atomic E-state index is -2.51. The number of ketones is 4. The van der Waals surface area contributed by atoms with Crippen molar-refractivity contribution < 1.29 is 58.7 Å². The highest BCUT2D eigenvalue weighted by Gasteiger charge is 2.39.